The first-order valence-corrected chi connectivity index (χ1v) is 4.78. The molecule has 0 aliphatic carbocycles. The van der Waals surface area contributed by atoms with Crippen LogP contribution >= 0.6 is 9.07 Å². The molecular formula is C3H7ClLiMg. The molecule has 1 radical (unpaired) electrons. The van der Waals surface area contributed by atoms with E-state index in [0.29, 0.717) is 0 Å². The predicted octanol–water partition coefficient (Wildman–Crippen LogP) is 1.29. The molecule has 3 heteroatoms. The monoisotopic (exact) mass is 109 g/mol. The molecule has 0 aliphatic heterocycles. The molecule has 0 rings (SSSR count). The van der Waals surface area contributed by atoms with Gasteiger partial charge in [0.25, 0.3) is 0 Å². The minimum absolute atomic E-state index is 0. The van der Waals surface area contributed by atoms with Gasteiger partial charge in [-0.2, -0.15) is 0 Å². The van der Waals surface area contributed by atoms with E-state index in [2.05, 4.69) is 13.8 Å². The Morgan fingerprint density at radius 3 is 1.67 bits per heavy atom. The summed E-state index contributed by atoms with van der Waals surface area (Å²) in [5.74, 6) is 0. The maximum absolute atomic E-state index is 5.48. The molecule has 29 valence electrons. The van der Waals surface area contributed by atoms with Crippen LogP contribution in [0.25, 0.3) is 0 Å². The Morgan fingerprint density at radius 2 is 1.67 bits per heavy atom. The third kappa shape index (κ3) is 9.17. The van der Waals surface area contributed by atoms with Crippen molar-refractivity contribution in [3.63, 3.8) is 0 Å². The summed E-state index contributed by atoms with van der Waals surface area (Å²) >= 11 is -0.179. The second kappa shape index (κ2) is 6.65. The molecule has 0 saturated carbocycles. The first-order valence-electron chi connectivity index (χ1n) is 1.83. The van der Waals surface area contributed by atoms with Crippen LogP contribution in [0, 0.1) is 0 Å². The Labute approximate surface area is 64.7 Å². The molecule has 0 spiro atoms. The Hall–Kier alpha value is 1.65. The van der Waals surface area contributed by atoms with Crippen LogP contribution < -0.4 is 0 Å². The van der Waals surface area contributed by atoms with E-state index in [-0.39, 0.29) is 38.1 Å². The van der Waals surface area contributed by atoms with E-state index in [1.54, 1.807) is 0 Å². The number of hydrogen-bond acceptors (Lipinski definition) is 0. The first-order chi connectivity index (χ1) is 2.27. The molecule has 0 heterocycles. The summed E-state index contributed by atoms with van der Waals surface area (Å²) in [5.41, 5.74) is 0. The summed E-state index contributed by atoms with van der Waals surface area (Å²) in [4.78, 5) is 0. The second-order valence-corrected chi connectivity index (χ2v) is 4.42. The van der Waals surface area contributed by atoms with Gasteiger partial charge in [-0.25, -0.2) is 0 Å². The third-order valence-electron chi connectivity index (χ3n) is 0.309. The van der Waals surface area contributed by atoms with Crippen molar-refractivity contribution in [3.8, 4) is 0 Å². The van der Waals surface area contributed by atoms with Gasteiger partial charge in [0.2, 0.25) is 0 Å². The molecule has 6 heavy (non-hydrogen) atoms. The molecular weight excluding hydrogens is 103 g/mol. The fourth-order valence-corrected chi connectivity index (χ4v) is 0. The topological polar surface area (TPSA) is 0 Å². The van der Waals surface area contributed by atoms with Gasteiger partial charge in [-0.1, -0.05) is 13.8 Å². The summed E-state index contributed by atoms with van der Waals surface area (Å²) < 4.78 is 0.789. The molecule has 0 aromatic rings. The van der Waals surface area contributed by atoms with Crippen molar-refractivity contribution in [3.05, 3.63) is 0 Å². The average molecular weight is 110 g/mol. The van der Waals surface area contributed by atoms with Crippen LogP contribution in [0.15, 0.2) is 0 Å². The van der Waals surface area contributed by atoms with Gasteiger partial charge in [0, 0.05) is 18.9 Å². The van der Waals surface area contributed by atoms with E-state index in [4.69, 9.17) is 9.07 Å². The van der Waals surface area contributed by atoms with E-state index < -0.39 is 0 Å². The number of rotatable bonds is 1. The minimum atomic E-state index is -0.179. The van der Waals surface area contributed by atoms with Gasteiger partial charge in [0.15, 0.2) is 0 Å². The Bertz CT molecular complexity index is 24.8. The zero-order chi connectivity index (χ0) is 4.28. The van der Waals surface area contributed by atoms with Crippen molar-refractivity contribution < 1.29 is 0 Å². The summed E-state index contributed by atoms with van der Waals surface area (Å²) in [5, 5.41) is 0. The molecule has 0 atom stereocenters. The van der Waals surface area contributed by atoms with E-state index in [1.807, 2.05) is 0 Å². The standard InChI is InChI=1S/C3H7.ClH.Li.Mg/c1-3-2;;;/h3H,1-2H3;1H;;/q;;;+1/p-1. The summed E-state index contributed by atoms with van der Waals surface area (Å²) in [7, 11) is 5.48. The van der Waals surface area contributed by atoms with Crippen LogP contribution in [0.1, 0.15) is 13.8 Å². The van der Waals surface area contributed by atoms with Crippen molar-refractivity contribution in [2.45, 2.75) is 17.9 Å². The molecule has 0 fully saturated rings. The fraction of sp³-hybridized carbons (Fsp3) is 1.00. The second-order valence-electron chi connectivity index (χ2n) is 1.55. The largest absolute Gasteiger partial charge is 0.503 e. The van der Waals surface area contributed by atoms with Gasteiger partial charge >= 0.3 is 19.3 Å². The molecule has 0 aliphatic rings. The minimum Gasteiger partial charge on any atom is -0.346 e. The zero-order valence-electron chi connectivity index (χ0n) is 4.66. The molecule has 0 nitrogen and oxygen atoms in total. The van der Waals surface area contributed by atoms with E-state index >= 15 is 0 Å². The van der Waals surface area contributed by atoms with Crippen LogP contribution in [0.4, 0.5) is 0 Å². The smallest absolute Gasteiger partial charge is 0.346 e. The van der Waals surface area contributed by atoms with Crippen molar-refractivity contribution in [2.75, 3.05) is 0 Å². The molecule has 0 amide bonds. The van der Waals surface area contributed by atoms with Gasteiger partial charge in [0.05, 0.1) is 0 Å². The summed E-state index contributed by atoms with van der Waals surface area (Å²) in [6, 6.07) is 0. The molecule has 0 unspecified atom stereocenters. The summed E-state index contributed by atoms with van der Waals surface area (Å²) in [6.45, 7) is 4.30. The first kappa shape index (κ1) is 10.6. The predicted molar refractivity (Wildman–Crippen MR) is 32.5 cm³/mol. The van der Waals surface area contributed by atoms with Crippen molar-refractivity contribution in [1.29, 1.82) is 0 Å². The molecule has 0 N–H and O–H groups in total. The molecule has 0 bridgehead atoms. The zero-order valence-corrected chi connectivity index (χ0v) is 6.83. The van der Waals surface area contributed by atoms with Crippen molar-refractivity contribution in [1.82, 2.24) is 0 Å². The normalized spacial score (nSPS) is 6.67. The molecule has 0 aromatic carbocycles. The molecule has 0 aromatic heterocycles. The number of halogens is 1. The van der Waals surface area contributed by atoms with E-state index in [1.165, 1.54) is 0 Å². The van der Waals surface area contributed by atoms with Crippen LogP contribution in [0.2, 0.25) is 4.05 Å². The van der Waals surface area contributed by atoms with E-state index in [0.717, 1.165) is 4.05 Å². The van der Waals surface area contributed by atoms with Gasteiger partial charge in [-0.05, 0) is 0 Å². The van der Waals surface area contributed by atoms with Crippen LogP contribution in [0.5, 0.6) is 0 Å². The maximum Gasteiger partial charge on any atom is 0.503 e. The average Bonchev–Trinajstić information content (AvgIpc) is 1.38. The van der Waals surface area contributed by atoms with Gasteiger partial charge in [0.1, 0.15) is 0 Å². The van der Waals surface area contributed by atoms with Crippen LogP contribution in [0.3, 0.4) is 0 Å². The fourth-order valence-electron chi connectivity index (χ4n) is 0. The van der Waals surface area contributed by atoms with E-state index in [9.17, 15) is 0 Å². The Kier molecular flexibility index (Phi) is 11.8. The van der Waals surface area contributed by atoms with Gasteiger partial charge in [-0.15, -0.1) is 4.05 Å². The maximum atomic E-state index is 5.48. The van der Waals surface area contributed by atoms with Crippen molar-refractivity contribution in [2.24, 2.45) is 0 Å². The van der Waals surface area contributed by atoms with Gasteiger partial charge in [-0.3, -0.25) is 0 Å². The van der Waals surface area contributed by atoms with Gasteiger partial charge < -0.3 is 9.07 Å². The molecule has 0 saturated heterocycles. The van der Waals surface area contributed by atoms with Crippen LogP contribution in [-0.4, -0.2) is 38.1 Å². The third-order valence-corrected chi connectivity index (χ3v) is 2.78. The Morgan fingerprint density at radius 1 is 1.50 bits per heavy atom. The van der Waals surface area contributed by atoms with Crippen molar-refractivity contribution >= 4 is 47.2 Å². The van der Waals surface area contributed by atoms with Crippen LogP contribution in [-0.2, 0) is 0 Å². The Balaban J connectivity index is 0. The SMILES string of the molecule is C[CH](C)[Mg][Cl].[Li]. The quantitative estimate of drug-likeness (QED) is 0.446. The summed E-state index contributed by atoms with van der Waals surface area (Å²) in [6.07, 6.45) is 0. The number of hydrogen-bond donors (Lipinski definition) is 0.